The molecule has 4 rings (SSSR count). The van der Waals surface area contributed by atoms with Crippen LogP contribution in [0.4, 0.5) is 0 Å². The van der Waals surface area contributed by atoms with Gasteiger partial charge in [-0.05, 0) is 40.8 Å². The zero-order chi connectivity index (χ0) is 14.4. The zero-order valence-corrected chi connectivity index (χ0v) is 15.0. The van der Waals surface area contributed by atoms with Crippen molar-refractivity contribution in [3.63, 3.8) is 0 Å². The van der Waals surface area contributed by atoms with Crippen LogP contribution in [-0.4, -0.2) is 19.5 Å². The van der Waals surface area contributed by atoms with Gasteiger partial charge in [0.1, 0.15) is 6.33 Å². The third-order valence-corrected chi connectivity index (χ3v) is 4.56. The second kappa shape index (κ2) is 5.16. The van der Waals surface area contributed by atoms with E-state index in [1.54, 1.807) is 6.33 Å². The predicted octanol–water partition coefficient (Wildman–Crippen LogP) is 4.18. The quantitative estimate of drug-likeness (QED) is 0.371. The number of para-hydroxylation sites is 1. The summed E-state index contributed by atoms with van der Waals surface area (Å²) in [6, 6.07) is 14.8. The highest BCUT2D eigenvalue weighted by Gasteiger charge is 2.14. The lowest BCUT2D eigenvalue weighted by molar-refractivity contribution is 0.915. The summed E-state index contributed by atoms with van der Waals surface area (Å²) < 4.78 is 3.97. The van der Waals surface area contributed by atoms with E-state index >= 15 is 0 Å². The molecule has 0 spiro atoms. The molecule has 0 saturated carbocycles. The molecule has 102 valence electrons. The standard InChI is InChI=1S/C15H8I2N4/c16-9-5-6-11-10-3-1-2-4-12(10)21(13(11)7-9)15-19-8-18-14(17)20-15/h1-8H. The molecule has 2 aromatic carbocycles. The molecule has 0 amide bonds. The Balaban J connectivity index is 2.21. The van der Waals surface area contributed by atoms with E-state index in [9.17, 15) is 0 Å². The van der Waals surface area contributed by atoms with Crippen molar-refractivity contribution in [3.05, 3.63) is 56.2 Å². The number of halogens is 2. The van der Waals surface area contributed by atoms with Gasteiger partial charge in [0.05, 0.1) is 11.0 Å². The molecule has 2 aromatic heterocycles. The molecule has 0 atom stereocenters. The summed E-state index contributed by atoms with van der Waals surface area (Å²) in [5.74, 6) is 0.655. The van der Waals surface area contributed by atoms with Gasteiger partial charge in [0, 0.05) is 36.9 Å². The van der Waals surface area contributed by atoms with E-state index < -0.39 is 0 Å². The minimum Gasteiger partial charge on any atom is -0.278 e. The van der Waals surface area contributed by atoms with Crippen LogP contribution in [0.1, 0.15) is 0 Å². The number of benzene rings is 2. The summed E-state index contributed by atoms with van der Waals surface area (Å²) in [7, 11) is 0. The lowest BCUT2D eigenvalue weighted by Crippen LogP contribution is -2.03. The van der Waals surface area contributed by atoms with Gasteiger partial charge < -0.3 is 0 Å². The normalized spacial score (nSPS) is 11.3. The summed E-state index contributed by atoms with van der Waals surface area (Å²) in [6.45, 7) is 0. The van der Waals surface area contributed by atoms with Crippen LogP contribution in [0.25, 0.3) is 27.8 Å². The summed E-state index contributed by atoms with van der Waals surface area (Å²) in [6.07, 6.45) is 1.55. The van der Waals surface area contributed by atoms with Crippen LogP contribution < -0.4 is 0 Å². The Morgan fingerprint density at radius 2 is 1.67 bits per heavy atom. The van der Waals surface area contributed by atoms with Crippen molar-refractivity contribution < 1.29 is 0 Å². The van der Waals surface area contributed by atoms with Crippen LogP contribution in [0, 0.1) is 7.40 Å². The molecule has 0 bridgehead atoms. The van der Waals surface area contributed by atoms with Crippen molar-refractivity contribution in [2.45, 2.75) is 0 Å². The first-order valence-electron chi connectivity index (χ1n) is 6.27. The Kier molecular flexibility index (Phi) is 3.29. The largest absolute Gasteiger partial charge is 0.278 e. The van der Waals surface area contributed by atoms with E-state index in [0.717, 1.165) is 11.0 Å². The Morgan fingerprint density at radius 1 is 0.857 bits per heavy atom. The van der Waals surface area contributed by atoms with Gasteiger partial charge in [0.25, 0.3) is 0 Å². The molecule has 0 aliphatic carbocycles. The summed E-state index contributed by atoms with van der Waals surface area (Å²) >= 11 is 4.43. The van der Waals surface area contributed by atoms with Crippen molar-refractivity contribution in [1.82, 2.24) is 19.5 Å². The van der Waals surface area contributed by atoms with Gasteiger partial charge in [-0.1, -0.05) is 24.3 Å². The topological polar surface area (TPSA) is 43.6 Å². The number of rotatable bonds is 1. The zero-order valence-electron chi connectivity index (χ0n) is 10.7. The lowest BCUT2D eigenvalue weighted by atomic mass is 10.2. The van der Waals surface area contributed by atoms with Crippen molar-refractivity contribution >= 4 is 67.0 Å². The number of hydrogen-bond acceptors (Lipinski definition) is 3. The highest BCUT2D eigenvalue weighted by Crippen LogP contribution is 2.31. The molecule has 0 fully saturated rings. The summed E-state index contributed by atoms with van der Waals surface area (Å²) in [5.41, 5.74) is 2.22. The van der Waals surface area contributed by atoms with Crippen LogP contribution in [0.3, 0.4) is 0 Å². The van der Waals surface area contributed by atoms with E-state index in [2.05, 4.69) is 101 Å². The van der Waals surface area contributed by atoms with Gasteiger partial charge in [0.15, 0.2) is 3.83 Å². The average molecular weight is 498 g/mol. The number of nitrogens with zero attached hydrogens (tertiary/aromatic N) is 4. The van der Waals surface area contributed by atoms with E-state index in [1.807, 2.05) is 6.07 Å². The Labute approximate surface area is 147 Å². The second-order valence-electron chi connectivity index (χ2n) is 4.57. The number of aromatic nitrogens is 4. The van der Waals surface area contributed by atoms with E-state index in [-0.39, 0.29) is 0 Å². The molecule has 0 saturated heterocycles. The van der Waals surface area contributed by atoms with Gasteiger partial charge in [-0.15, -0.1) is 0 Å². The van der Waals surface area contributed by atoms with E-state index in [1.165, 1.54) is 14.3 Å². The maximum Gasteiger partial charge on any atom is 0.238 e. The molecule has 0 aliphatic rings. The molecule has 0 unspecified atom stereocenters. The monoisotopic (exact) mass is 498 g/mol. The smallest absolute Gasteiger partial charge is 0.238 e. The molecule has 0 aliphatic heterocycles. The van der Waals surface area contributed by atoms with Crippen molar-refractivity contribution in [1.29, 1.82) is 0 Å². The average Bonchev–Trinajstić information content (AvgIpc) is 2.80. The highest BCUT2D eigenvalue weighted by molar-refractivity contribution is 14.1. The van der Waals surface area contributed by atoms with Crippen LogP contribution >= 0.6 is 45.2 Å². The fraction of sp³-hybridized carbons (Fsp3) is 0. The molecule has 0 N–H and O–H groups in total. The summed E-state index contributed by atoms with van der Waals surface area (Å²) in [4.78, 5) is 12.9. The molecule has 21 heavy (non-hydrogen) atoms. The second-order valence-corrected chi connectivity index (χ2v) is 6.78. The molecule has 4 nitrogen and oxygen atoms in total. The van der Waals surface area contributed by atoms with Crippen LogP contribution in [0.2, 0.25) is 0 Å². The first-order chi connectivity index (χ1) is 10.2. The van der Waals surface area contributed by atoms with Gasteiger partial charge in [-0.2, -0.15) is 4.98 Å². The third kappa shape index (κ3) is 2.20. The molecule has 0 radical (unpaired) electrons. The fourth-order valence-corrected chi connectivity index (χ4v) is 3.35. The minimum atomic E-state index is 0.655. The van der Waals surface area contributed by atoms with Crippen LogP contribution in [0.5, 0.6) is 0 Å². The number of fused-ring (bicyclic) bond motifs is 3. The summed E-state index contributed by atoms with van der Waals surface area (Å²) in [5, 5.41) is 2.42. The molecule has 4 aromatic rings. The first kappa shape index (κ1) is 13.4. The maximum absolute atomic E-state index is 4.47. The molecular formula is C15H8I2N4. The van der Waals surface area contributed by atoms with Gasteiger partial charge in [0.2, 0.25) is 5.95 Å². The van der Waals surface area contributed by atoms with Crippen LogP contribution in [0.15, 0.2) is 48.8 Å². The fourth-order valence-electron chi connectivity index (χ4n) is 2.54. The van der Waals surface area contributed by atoms with Crippen LogP contribution in [-0.2, 0) is 0 Å². The van der Waals surface area contributed by atoms with E-state index in [4.69, 9.17) is 0 Å². The van der Waals surface area contributed by atoms with Crippen molar-refractivity contribution in [3.8, 4) is 5.95 Å². The van der Waals surface area contributed by atoms with Gasteiger partial charge in [-0.25, -0.2) is 9.97 Å². The van der Waals surface area contributed by atoms with Gasteiger partial charge in [-0.3, -0.25) is 4.57 Å². The lowest BCUT2D eigenvalue weighted by Gasteiger charge is -2.05. The highest BCUT2D eigenvalue weighted by atomic mass is 127. The molecule has 6 heteroatoms. The Hall–Kier alpha value is -1.29. The predicted molar refractivity (Wildman–Crippen MR) is 99.6 cm³/mol. The number of hydrogen-bond donors (Lipinski definition) is 0. The van der Waals surface area contributed by atoms with Crippen molar-refractivity contribution in [2.75, 3.05) is 0 Å². The maximum atomic E-state index is 4.47. The first-order valence-corrected chi connectivity index (χ1v) is 8.43. The molecular weight excluding hydrogens is 490 g/mol. The van der Waals surface area contributed by atoms with Gasteiger partial charge >= 0.3 is 0 Å². The molecule has 2 heterocycles. The SMILES string of the molecule is Ic1ccc2c3ccccc3n(-c3ncnc(I)n3)c2c1. The Bertz CT molecular complexity index is 978. The third-order valence-electron chi connectivity index (χ3n) is 3.37. The Morgan fingerprint density at radius 3 is 2.52 bits per heavy atom. The van der Waals surface area contributed by atoms with Crippen molar-refractivity contribution in [2.24, 2.45) is 0 Å². The minimum absolute atomic E-state index is 0.655. The van der Waals surface area contributed by atoms with E-state index in [0.29, 0.717) is 9.78 Å².